The van der Waals surface area contributed by atoms with Crippen LogP contribution in [0.15, 0.2) is 119 Å². The quantitative estimate of drug-likeness (QED) is 0.110. The van der Waals surface area contributed by atoms with Crippen molar-refractivity contribution in [3.8, 4) is 11.4 Å². The zero-order valence-corrected chi connectivity index (χ0v) is 27.9. The van der Waals surface area contributed by atoms with E-state index in [0.29, 0.717) is 0 Å². The number of hydrogen-bond acceptors (Lipinski definition) is 4. The predicted octanol–water partition coefficient (Wildman–Crippen LogP) is 8.16. The van der Waals surface area contributed by atoms with Gasteiger partial charge in [0.05, 0.1) is 51.6 Å². The number of anilines is 2. The highest BCUT2D eigenvalue weighted by molar-refractivity contribution is 8.03. The van der Waals surface area contributed by atoms with E-state index in [4.69, 9.17) is 4.74 Å². The second-order valence-electron chi connectivity index (χ2n) is 12.4. The molecule has 230 valence electrons. The lowest BCUT2D eigenvalue weighted by Gasteiger charge is -2.30. The molecule has 0 amide bonds. The highest BCUT2D eigenvalue weighted by Gasteiger charge is 2.27. The number of nitrogens with zero attached hydrogens (tertiary/aromatic N) is 4. The van der Waals surface area contributed by atoms with Gasteiger partial charge in [-0.2, -0.15) is 4.57 Å². The lowest BCUT2D eigenvalue weighted by atomic mass is 10.1. The number of quaternary nitrogens is 1. The molecule has 1 aliphatic rings. The Hall–Kier alpha value is -4.26. The molecular weight excluding hydrogens is 573 g/mol. The highest BCUT2D eigenvalue weighted by atomic mass is 32.2. The Morgan fingerprint density at radius 1 is 0.889 bits per heavy atom. The van der Waals surface area contributed by atoms with Crippen LogP contribution in [0.5, 0.6) is 5.75 Å². The summed E-state index contributed by atoms with van der Waals surface area (Å²) in [6.07, 6.45) is 3.44. The Balaban J connectivity index is 1.42. The Morgan fingerprint density at radius 2 is 1.60 bits per heavy atom. The molecule has 5 aromatic rings. The number of thioether (sulfide) groups is 1. The predicted molar refractivity (Wildman–Crippen MR) is 190 cm³/mol. The van der Waals surface area contributed by atoms with Gasteiger partial charge in [0.15, 0.2) is 0 Å². The largest absolute Gasteiger partial charge is 0.497 e. The molecule has 0 spiro atoms. The molecule has 6 rings (SSSR count). The van der Waals surface area contributed by atoms with Crippen LogP contribution in [-0.2, 0) is 6.54 Å². The number of methoxy groups -OCH3 is 1. The number of ether oxygens (including phenoxy) is 1. The average molecular weight is 617 g/mol. The van der Waals surface area contributed by atoms with Gasteiger partial charge in [0.25, 0.3) is 5.82 Å². The smallest absolute Gasteiger partial charge is 0.282 e. The Morgan fingerprint density at radius 3 is 2.31 bits per heavy atom. The zero-order valence-electron chi connectivity index (χ0n) is 27.1. The average Bonchev–Trinajstić information content (AvgIpc) is 3.37. The Labute approximate surface area is 272 Å². The molecule has 5 nitrogen and oxygen atoms in total. The van der Waals surface area contributed by atoms with Gasteiger partial charge in [0.1, 0.15) is 23.5 Å². The van der Waals surface area contributed by atoms with Gasteiger partial charge in [-0.3, -0.25) is 4.90 Å². The van der Waals surface area contributed by atoms with Gasteiger partial charge in [-0.15, -0.1) is 0 Å². The summed E-state index contributed by atoms with van der Waals surface area (Å²) in [5.41, 5.74) is 6.11. The monoisotopic (exact) mass is 616 g/mol. The summed E-state index contributed by atoms with van der Waals surface area (Å²) in [4.78, 5) is 6.13. The van der Waals surface area contributed by atoms with Crippen molar-refractivity contribution < 1.29 is 13.8 Å². The fourth-order valence-electron chi connectivity index (χ4n) is 6.33. The molecule has 0 fully saturated rings. The minimum atomic E-state index is 0.853. The van der Waals surface area contributed by atoms with Crippen molar-refractivity contribution >= 4 is 40.2 Å². The normalized spacial score (nSPS) is 13.8. The zero-order chi connectivity index (χ0) is 31.4. The highest BCUT2D eigenvalue weighted by Crippen LogP contribution is 2.46. The van der Waals surface area contributed by atoms with Crippen LogP contribution in [0.1, 0.15) is 24.5 Å². The molecule has 1 aromatic heterocycles. The summed E-state index contributed by atoms with van der Waals surface area (Å²) in [5, 5.41) is 2.41. The lowest BCUT2D eigenvalue weighted by molar-refractivity contribution is -0.903. The maximum atomic E-state index is 5.77. The summed E-state index contributed by atoms with van der Waals surface area (Å²) in [5.74, 6) is 2.04. The number of pyridine rings is 1. The molecule has 0 aliphatic carbocycles. The van der Waals surface area contributed by atoms with E-state index in [-0.39, 0.29) is 0 Å². The molecule has 0 saturated heterocycles. The molecule has 1 aliphatic heterocycles. The van der Waals surface area contributed by atoms with Crippen LogP contribution in [0.2, 0.25) is 0 Å². The van der Waals surface area contributed by atoms with Crippen molar-refractivity contribution in [2.24, 2.45) is 0 Å². The fraction of sp³-hybridized carbons (Fsp3) is 0.256. The summed E-state index contributed by atoms with van der Waals surface area (Å²) in [7, 11) is 8.59. The first kappa shape index (κ1) is 30.8. The number of hydrogen-bond donors (Lipinski definition) is 0. The number of benzene rings is 4. The number of rotatable bonds is 11. The van der Waals surface area contributed by atoms with E-state index in [0.717, 1.165) is 54.0 Å². The Bertz CT molecular complexity index is 1800. The van der Waals surface area contributed by atoms with Gasteiger partial charge in [0, 0.05) is 41.4 Å². The topological polar surface area (TPSA) is 19.6 Å². The first-order valence-electron chi connectivity index (χ1n) is 15.8. The van der Waals surface area contributed by atoms with Crippen LogP contribution in [0.25, 0.3) is 22.7 Å². The minimum Gasteiger partial charge on any atom is -0.497 e. The van der Waals surface area contributed by atoms with Crippen molar-refractivity contribution in [3.05, 3.63) is 125 Å². The summed E-state index contributed by atoms with van der Waals surface area (Å²) in [6, 6.07) is 39.0. The van der Waals surface area contributed by atoms with Crippen LogP contribution in [0.3, 0.4) is 0 Å². The molecule has 4 aromatic carbocycles. The summed E-state index contributed by atoms with van der Waals surface area (Å²) < 4.78 is 9.13. The second kappa shape index (κ2) is 13.4. The van der Waals surface area contributed by atoms with E-state index in [9.17, 15) is 0 Å². The van der Waals surface area contributed by atoms with Crippen LogP contribution < -0.4 is 19.1 Å². The van der Waals surface area contributed by atoms with Gasteiger partial charge >= 0.3 is 0 Å². The van der Waals surface area contributed by atoms with Crippen molar-refractivity contribution in [1.82, 2.24) is 0 Å². The van der Waals surface area contributed by atoms with Gasteiger partial charge in [-0.05, 0) is 55.0 Å². The third-order valence-corrected chi connectivity index (χ3v) is 9.85. The number of aromatic nitrogens is 1. The molecule has 0 N–H and O–H groups in total. The van der Waals surface area contributed by atoms with E-state index in [1.165, 1.54) is 37.9 Å². The molecule has 6 heteroatoms. The molecule has 0 atom stereocenters. The number of fused-ring (bicyclic) bond motifs is 2. The molecule has 0 saturated carbocycles. The fourth-order valence-corrected chi connectivity index (χ4v) is 7.44. The second-order valence-corrected chi connectivity index (χ2v) is 13.4. The molecule has 2 heterocycles. The maximum Gasteiger partial charge on any atom is 0.282 e. The van der Waals surface area contributed by atoms with E-state index in [1.807, 2.05) is 11.8 Å². The van der Waals surface area contributed by atoms with Crippen LogP contribution in [0.4, 0.5) is 11.5 Å². The number of para-hydroxylation sites is 2. The van der Waals surface area contributed by atoms with Crippen molar-refractivity contribution in [2.75, 3.05) is 57.7 Å². The van der Waals surface area contributed by atoms with Gasteiger partial charge < -0.3 is 14.1 Å². The van der Waals surface area contributed by atoms with E-state index >= 15 is 0 Å². The van der Waals surface area contributed by atoms with Gasteiger partial charge in [0.2, 0.25) is 0 Å². The third-order valence-electron chi connectivity index (χ3n) is 8.69. The van der Waals surface area contributed by atoms with Crippen molar-refractivity contribution in [3.63, 3.8) is 0 Å². The van der Waals surface area contributed by atoms with Crippen LogP contribution in [-0.4, -0.2) is 52.4 Å². The van der Waals surface area contributed by atoms with Crippen LogP contribution >= 0.6 is 11.8 Å². The summed E-state index contributed by atoms with van der Waals surface area (Å²) in [6.45, 7) is 6.26. The molecule has 0 unspecified atom stereocenters. The van der Waals surface area contributed by atoms with Gasteiger partial charge in [-0.1, -0.05) is 72.4 Å². The first-order chi connectivity index (χ1) is 21.9. The molecule has 0 radical (unpaired) electrons. The maximum absolute atomic E-state index is 5.77. The SMILES string of the molecule is CCN(CCC[N+](C)(C)Cc1ccccc1)c1cc(/C=C2\Sc3ccccc3N2C)c2ccc(OC)cc2[n+]1-c1ccccc1. The van der Waals surface area contributed by atoms with Crippen molar-refractivity contribution in [1.29, 1.82) is 0 Å². The van der Waals surface area contributed by atoms with Gasteiger partial charge in [-0.25, -0.2) is 0 Å². The van der Waals surface area contributed by atoms with Crippen LogP contribution in [0, 0.1) is 0 Å². The Kier molecular flexibility index (Phi) is 9.15. The molecule has 0 bridgehead atoms. The minimum absolute atomic E-state index is 0.853. The van der Waals surface area contributed by atoms with E-state index in [2.05, 4.69) is 158 Å². The summed E-state index contributed by atoms with van der Waals surface area (Å²) >= 11 is 1.83. The van der Waals surface area contributed by atoms with E-state index in [1.54, 1.807) is 7.11 Å². The van der Waals surface area contributed by atoms with Crippen molar-refractivity contribution in [2.45, 2.75) is 24.8 Å². The lowest BCUT2D eigenvalue weighted by Crippen LogP contribution is -2.44. The molecular formula is C39H44N4OS+2. The first-order valence-corrected chi connectivity index (χ1v) is 16.6. The molecule has 45 heavy (non-hydrogen) atoms. The third kappa shape index (κ3) is 6.73. The standard InChI is InChI=1S/C39H44N4OS/c1-6-41(24-15-25-43(3,4)29-30-16-9-7-10-17-30)38-26-31(27-39-40(2)35-20-13-14-21-37(35)45-39)34-23-22-33(44-5)28-36(34)42(38)32-18-11-8-12-19-32/h7-14,16-23,26-28H,6,15,24-25,29H2,1-5H3/q+2. The van der Waals surface area contributed by atoms with E-state index < -0.39 is 0 Å².